The molecule has 0 N–H and O–H groups in total. The maximum atomic E-state index is 12.5. The molecule has 1 amide bonds. The molecule has 4 rings (SSSR count). The van der Waals surface area contributed by atoms with Gasteiger partial charge >= 0.3 is 0 Å². The fourth-order valence-electron chi connectivity index (χ4n) is 2.93. The van der Waals surface area contributed by atoms with Crippen molar-refractivity contribution >= 4 is 5.91 Å². The predicted molar refractivity (Wildman–Crippen MR) is 85.4 cm³/mol. The molecule has 0 unspecified atom stereocenters. The number of fused-ring (bicyclic) bond motifs is 1. The van der Waals surface area contributed by atoms with Crippen LogP contribution in [0.25, 0.3) is 0 Å². The first-order valence-electron chi connectivity index (χ1n) is 7.91. The largest absolute Gasteiger partial charge is 0.448 e. The lowest BCUT2D eigenvalue weighted by atomic mass is 10.1. The van der Waals surface area contributed by atoms with Gasteiger partial charge in [-0.3, -0.25) is 4.79 Å². The van der Waals surface area contributed by atoms with E-state index >= 15 is 0 Å². The van der Waals surface area contributed by atoms with Gasteiger partial charge in [0.25, 0.3) is 5.91 Å². The van der Waals surface area contributed by atoms with Crippen LogP contribution in [-0.4, -0.2) is 27.3 Å². The third kappa shape index (κ3) is 2.71. The van der Waals surface area contributed by atoms with E-state index in [1.165, 1.54) is 6.39 Å². The number of rotatable bonds is 3. The number of hydrogen-bond acceptors (Lipinski definition) is 5. The molecule has 24 heavy (non-hydrogen) atoms. The van der Waals surface area contributed by atoms with Crippen LogP contribution in [0.4, 0.5) is 0 Å². The van der Waals surface area contributed by atoms with E-state index in [0.29, 0.717) is 43.3 Å². The van der Waals surface area contributed by atoms with Gasteiger partial charge in [-0.2, -0.15) is 0 Å². The third-order valence-electron chi connectivity index (χ3n) is 4.20. The normalized spacial score (nSPS) is 13.8. The van der Waals surface area contributed by atoms with Gasteiger partial charge < -0.3 is 13.7 Å². The standard InChI is InChI=1S/C18H17N3O3/c1-12-17(19-11-23-12)18(22)21-8-7-15-14(10-21)20-16(24-15)9-13-5-3-2-4-6-13/h2-6,11H,7-10H2,1H3. The summed E-state index contributed by atoms with van der Waals surface area (Å²) in [6, 6.07) is 10.1. The molecule has 2 aromatic heterocycles. The van der Waals surface area contributed by atoms with Crippen LogP contribution in [0.15, 0.2) is 45.6 Å². The summed E-state index contributed by atoms with van der Waals surface area (Å²) in [4.78, 5) is 22.9. The number of amides is 1. The summed E-state index contributed by atoms with van der Waals surface area (Å²) in [5.74, 6) is 1.98. The molecule has 3 aromatic rings. The third-order valence-corrected chi connectivity index (χ3v) is 4.20. The summed E-state index contributed by atoms with van der Waals surface area (Å²) in [5.41, 5.74) is 2.36. The molecule has 3 heterocycles. The van der Waals surface area contributed by atoms with E-state index in [-0.39, 0.29) is 5.91 Å². The maximum absolute atomic E-state index is 12.5. The highest BCUT2D eigenvalue weighted by molar-refractivity contribution is 5.93. The van der Waals surface area contributed by atoms with Crippen LogP contribution in [0, 0.1) is 6.92 Å². The van der Waals surface area contributed by atoms with Gasteiger partial charge in [0, 0.05) is 19.4 Å². The van der Waals surface area contributed by atoms with E-state index in [2.05, 4.69) is 9.97 Å². The summed E-state index contributed by atoms with van der Waals surface area (Å²) >= 11 is 0. The second-order valence-electron chi connectivity index (χ2n) is 5.87. The molecule has 0 fully saturated rings. The summed E-state index contributed by atoms with van der Waals surface area (Å²) in [7, 11) is 0. The average molecular weight is 323 g/mol. The molecule has 0 aliphatic carbocycles. The Labute approximate surface area is 139 Å². The molecule has 0 radical (unpaired) electrons. The van der Waals surface area contributed by atoms with Crippen molar-refractivity contribution in [1.82, 2.24) is 14.9 Å². The molecular weight excluding hydrogens is 306 g/mol. The number of nitrogens with zero attached hydrogens (tertiary/aromatic N) is 3. The molecule has 1 aromatic carbocycles. The number of aromatic nitrogens is 2. The fourth-order valence-corrected chi connectivity index (χ4v) is 2.93. The SMILES string of the molecule is Cc1ocnc1C(=O)N1CCc2oc(Cc3ccccc3)nc2C1. The average Bonchev–Trinajstić information content (AvgIpc) is 3.19. The van der Waals surface area contributed by atoms with Crippen LogP contribution in [0.2, 0.25) is 0 Å². The van der Waals surface area contributed by atoms with Crippen LogP contribution >= 0.6 is 0 Å². The van der Waals surface area contributed by atoms with Crippen molar-refractivity contribution < 1.29 is 13.6 Å². The second-order valence-corrected chi connectivity index (χ2v) is 5.87. The summed E-state index contributed by atoms with van der Waals surface area (Å²) in [6.45, 7) is 2.78. The van der Waals surface area contributed by atoms with Gasteiger partial charge in [-0.25, -0.2) is 9.97 Å². The van der Waals surface area contributed by atoms with E-state index in [1.54, 1.807) is 11.8 Å². The van der Waals surface area contributed by atoms with Crippen LogP contribution in [0.3, 0.4) is 0 Å². The first kappa shape index (κ1) is 14.7. The molecule has 0 bridgehead atoms. The van der Waals surface area contributed by atoms with Crippen LogP contribution in [0.5, 0.6) is 0 Å². The smallest absolute Gasteiger partial charge is 0.276 e. The zero-order valence-electron chi connectivity index (χ0n) is 13.4. The molecule has 6 heteroatoms. The zero-order chi connectivity index (χ0) is 16.5. The van der Waals surface area contributed by atoms with E-state index < -0.39 is 0 Å². The molecule has 0 spiro atoms. The Balaban J connectivity index is 1.51. The van der Waals surface area contributed by atoms with E-state index in [4.69, 9.17) is 8.83 Å². The lowest BCUT2D eigenvalue weighted by Gasteiger charge is -2.24. The topological polar surface area (TPSA) is 72.4 Å². The van der Waals surface area contributed by atoms with Gasteiger partial charge in [0.1, 0.15) is 17.2 Å². The van der Waals surface area contributed by atoms with Crippen molar-refractivity contribution in [3.05, 3.63) is 71.1 Å². The monoisotopic (exact) mass is 323 g/mol. The molecule has 0 atom stereocenters. The summed E-state index contributed by atoms with van der Waals surface area (Å²) < 4.78 is 11.0. The Morgan fingerprint density at radius 2 is 2.12 bits per heavy atom. The predicted octanol–water partition coefficient (Wildman–Crippen LogP) is 2.76. The highest BCUT2D eigenvalue weighted by Gasteiger charge is 2.28. The first-order chi connectivity index (χ1) is 11.7. The first-order valence-corrected chi connectivity index (χ1v) is 7.91. The highest BCUT2D eigenvalue weighted by atomic mass is 16.4. The van der Waals surface area contributed by atoms with E-state index in [9.17, 15) is 4.79 Å². The molecule has 0 saturated carbocycles. The number of oxazole rings is 2. The second kappa shape index (κ2) is 5.96. The number of carbonyl (C=O) groups excluding carboxylic acids is 1. The van der Waals surface area contributed by atoms with E-state index in [1.807, 2.05) is 30.3 Å². The van der Waals surface area contributed by atoms with Gasteiger partial charge in [0.15, 0.2) is 18.0 Å². The van der Waals surface area contributed by atoms with Gasteiger partial charge in [-0.05, 0) is 12.5 Å². The van der Waals surface area contributed by atoms with Crippen molar-refractivity contribution in [1.29, 1.82) is 0 Å². The Hall–Kier alpha value is -2.89. The quantitative estimate of drug-likeness (QED) is 0.741. The van der Waals surface area contributed by atoms with E-state index in [0.717, 1.165) is 17.0 Å². The van der Waals surface area contributed by atoms with Gasteiger partial charge in [0.2, 0.25) is 0 Å². The van der Waals surface area contributed by atoms with Crippen LogP contribution in [-0.2, 0) is 19.4 Å². The van der Waals surface area contributed by atoms with Crippen molar-refractivity contribution in [2.75, 3.05) is 6.54 Å². The van der Waals surface area contributed by atoms with Gasteiger partial charge in [-0.15, -0.1) is 0 Å². The minimum absolute atomic E-state index is 0.125. The summed E-state index contributed by atoms with van der Waals surface area (Å²) in [6.07, 6.45) is 2.62. The molecule has 1 aliphatic heterocycles. The van der Waals surface area contributed by atoms with Gasteiger partial charge in [0.05, 0.1) is 6.54 Å². The van der Waals surface area contributed by atoms with Crippen LogP contribution < -0.4 is 0 Å². The Kier molecular flexibility index (Phi) is 3.65. The number of carbonyl (C=O) groups is 1. The van der Waals surface area contributed by atoms with Crippen molar-refractivity contribution in [3.63, 3.8) is 0 Å². The minimum Gasteiger partial charge on any atom is -0.448 e. The Morgan fingerprint density at radius 3 is 2.88 bits per heavy atom. The molecule has 6 nitrogen and oxygen atoms in total. The maximum Gasteiger partial charge on any atom is 0.276 e. The van der Waals surface area contributed by atoms with Crippen LogP contribution in [0.1, 0.15) is 39.2 Å². The minimum atomic E-state index is -0.125. The van der Waals surface area contributed by atoms with Crippen molar-refractivity contribution in [3.8, 4) is 0 Å². The van der Waals surface area contributed by atoms with Gasteiger partial charge in [-0.1, -0.05) is 30.3 Å². The van der Waals surface area contributed by atoms with Crippen molar-refractivity contribution in [2.45, 2.75) is 26.3 Å². The lowest BCUT2D eigenvalue weighted by molar-refractivity contribution is 0.0721. The lowest BCUT2D eigenvalue weighted by Crippen LogP contribution is -2.36. The number of aryl methyl sites for hydroxylation is 1. The summed E-state index contributed by atoms with van der Waals surface area (Å²) in [5, 5.41) is 0. The molecule has 0 saturated heterocycles. The Bertz CT molecular complexity index is 867. The Morgan fingerprint density at radius 1 is 1.29 bits per heavy atom. The fraction of sp³-hybridized carbons (Fsp3) is 0.278. The highest BCUT2D eigenvalue weighted by Crippen LogP contribution is 2.23. The number of benzene rings is 1. The molecular formula is C18H17N3O3. The molecule has 1 aliphatic rings. The molecule has 122 valence electrons. The number of hydrogen-bond donors (Lipinski definition) is 0. The zero-order valence-corrected chi connectivity index (χ0v) is 13.4. The van der Waals surface area contributed by atoms with Crippen molar-refractivity contribution in [2.24, 2.45) is 0 Å².